The van der Waals surface area contributed by atoms with Crippen LogP contribution in [0.5, 0.6) is 0 Å². The van der Waals surface area contributed by atoms with E-state index in [1.54, 1.807) is 0 Å². The van der Waals surface area contributed by atoms with Crippen molar-refractivity contribution >= 4 is 6.09 Å². The molecule has 1 rings (SSSR count). The Morgan fingerprint density at radius 2 is 1.93 bits per heavy atom. The zero-order valence-electron chi connectivity index (χ0n) is 8.20. The summed E-state index contributed by atoms with van der Waals surface area (Å²) in [7, 11) is 0. The van der Waals surface area contributed by atoms with Crippen molar-refractivity contribution in [2.75, 3.05) is 6.54 Å². The van der Waals surface area contributed by atoms with E-state index in [9.17, 15) is 4.79 Å². The summed E-state index contributed by atoms with van der Waals surface area (Å²) in [5, 5.41) is 19.4. The monoisotopic (exact) mass is 196 g/mol. The Kier molecular flexibility index (Phi) is 4.24. The van der Waals surface area contributed by atoms with Crippen molar-refractivity contribution in [3.05, 3.63) is 0 Å². The first-order valence-corrected chi connectivity index (χ1v) is 5.06. The molecule has 0 aromatic carbocycles. The molecule has 0 aliphatic heterocycles. The van der Waals surface area contributed by atoms with Crippen molar-refractivity contribution in [2.24, 2.45) is 11.8 Å². The smallest absolute Gasteiger partial charge is 0.404 e. The molecule has 1 aliphatic rings. The molecular formula is C10H16N2O2. The molecule has 0 aromatic heterocycles. The summed E-state index contributed by atoms with van der Waals surface area (Å²) in [5.74, 6) is 1.02. The number of hydrogen-bond donors (Lipinski definition) is 2. The van der Waals surface area contributed by atoms with Gasteiger partial charge in [0, 0.05) is 13.0 Å². The van der Waals surface area contributed by atoms with Gasteiger partial charge in [0.15, 0.2) is 0 Å². The fourth-order valence-corrected chi connectivity index (χ4v) is 2.00. The van der Waals surface area contributed by atoms with E-state index in [0.717, 1.165) is 25.7 Å². The molecule has 0 heterocycles. The maximum Gasteiger partial charge on any atom is 0.404 e. The molecule has 0 bridgehead atoms. The highest BCUT2D eigenvalue weighted by molar-refractivity contribution is 5.64. The van der Waals surface area contributed by atoms with Gasteiger partial charge in [-0.05, 0) is 37.5 Å². The number of carbonyl (C=O) groups is 1. The van der Waals surface area contributed by atoms with E-state index in [0.29, 0.717) is 24.8 Å². The molecule has 0 atom stereocenters. The van der Waals surface area contributed by atoms with Crippen LogP contribution in [0.1, 0.15) is 32.1 Å². The van der Waals surface area contributed by atoms with Gasteiger partial charge in [-0.2, -0.15) is 5.26 Å². The Morgan fingerprint density at radius 1 is 1.36 bits per heavy atom. The Bertz CT molecular complexity index is 227. The van der Waals surface area contributed by atoms with Crippen LogP contribution in [-0.2, 0) is 0 Å². The third kappa shape index (κ3) is 3.65. The minimum Gasteiger partial charge on any atom is -0.465 e. The Labute approximate surface area is 83.9 Å². The second-order valence-electron chi connectivity index (χ2n) is 3.94. The molecule has 2 N–H and O–H groups in total. The van der Waals surface area contributed by atoms with Crippen LogP contribution in [0, 0.1) is 23.2 Å². The summed E-state index contributed by atoms with van der Waals surface area (Å²) < 4.78 is 0. The van der Waals surface area contributed by atoms with Crippen molar-refractivity contribution in [1.82, 2.24) is 5.32 Å². The van der Waals surface area contributed by atoms with Crippen LogP contribution < -0.4 is 5.32 Å². The highest BCUT2D eigenvalue weighted by Gasteiger charge is 2.20. The third-order valence-corrected chi connectivity index (χ3v) is 2.89. The van der Waals surface area contributed by atoms with Gasteiger partial charge in [0.05, 0.1) is 6.07 Å². The van der Waals surface area contributed by atoms with E-state index in [1.165, 1.54) is 0 Å². The highest BCUT2D eigenvalue weighted by atomic mass is 16.4. The lowest BCUT2D eigenvalue weighted by molar-refractivity contribution is 0.188. The number of amides is 1. The first-order valence-electron chi connectivity index (χ1n) is 5.06. The summed E-state index contributed by atoms with van der Waals surface area (Å²) in [5.41, 5.74) is 0. The highest BCUT2D eigenvalue weighted by Crippen LogP contribution is 2.29. The van der Waals surface area contributed by atoms with Gasteiger partial charge in [0.2, 0.25) is 0 Å². The van der Waals surface area contributed by atoms with Crippen LogP contribution in [0.4, 0.5) is 4.79 Å². The molecule has 4 nitrogen and oxygen atoms in total. The van der Waals surface area contributed by atoms with Crippen molar-refractivity contribution in [3.63, 3.8) is 0 Å². The molecule has 1 fully saturated rings. The lowest BCUT2D eigenvalue weighted by Gasteiger charge is -2.26. The van der Waals surface area contributed by atoms with Crippen molar-refractivity contribution < 1.29 is 9.90 Å². The largest absolute Gasteiger partial charge is 0.465 e. The van der Waals surface area contributed by atoms with E-state index in [2.05, 4.69) is 11.4 Å². The van der Waals surface area contributed by atoms with E-state index < -0.39 is 6.09 Å². The molecule has 0 unspecified atom stereocenters. The van der Waals surface area contributed by atoms with Crippen LogP contribution in [0.3, 0.4) is 0 Å². The maximum absolute atomic E-state index is 10.3. The number of carboxylic acid groups (broad SMARTS) is 1. The Morgan fingerprint density at radius 3 is 2.43 bits per heavy atom. The van der Waals surface area contributed by atoms with Crippen LogP contribution in [-0.4, -0.2) is 17.7 Å². The number of rotatable bonds is 3. The van der Waals surface area contributed by atoms with Crippen molar-refractivity contribution in [1.29, 1.82) is 5.26 Å². The fraction of sp³-hybridized carbons (Fsp3) is 0.800. The number of nitriles is 1. The molecule has 0 spiro atoms. The molecule has 78 valence electrons. The lowest BCUT2D eigenvalue weighted by Crippen LogP contribution is -2.29. The van der Waals surface area contributed by atoms with E-state index in [-0.39, 0.29) is 0 Å². The summed E-state index contributed by atoms with van der Waals surface area (Å²) in [6.07, 6.45) is 3.95. The first kappa shape index (κ1) is 10.8. The quantitative estimate of drug-likeness (QED) is 0.724. The first-order chi connectivity index (χ1) is 6.72. The topological polar surface area (TPSA) is 73.1 Å². The van der Waals surface area contributed by atoms with E-state index >= 15 is 0 Å². The average molecular weight is 196 g/mol. The van der Waals surface area contributed by atoms with Gasteiger partial charge in [-0.15, -0.1) is 0 Å². The van der Waals surface area contributed by atoms with Crippen LogP contribution in [0.15, 0.2) is 0 Å². The van der Waals surface area contributed by atoms with Crippen LogP contribution in [0.25, 0.3) is 0 Å². The summed E-state index contributed by atoms with van der Waals surface area (Å²) >= 11 is 0. The molecule has 1 amide bonds. The van der Waals surface area contributed by atoms with E-state index in [4.69, 9.17) is 10.4 Å². The Balaban J connectivity index is 2.16. The number of hydrogen-bond acceptors (Lipinski definition) is 2. The van der Waals surface area contributed by atoms with Gasteiger partial charge in [0.25, 0.3) is 0 Å². The Hall–Kier alpha value is -1.24. The standard InChI is InChI=1S/C10H16N2O2/c11-6-5-8-1-3-9(4-2-8)7-12-10(13)14/h8-9,12H,1-5,7H2,(H,13,14). The second-order valence-corrected chi connectivity index (χ2v) is 3.94. The molecule has 1 saturated carbocycles. The van der Waals surface area contributed by atoms with Gasteiger partial charge < -0.3 is 10.4 Å². The molecular weight excluding hydrogens is 180 g/mol. The maximum atomic E-state index is 10.3. The molecule has 14 heavy (non-hydrogen) atoms. The van der Waals surface area contributed by atoms with Crippen LogP contribution >= 0.6 is 0 Å². The number of nitrogens with zero attached hydrogens (tertiary/aromatic N) is 1. The molecule has 0 saturated heterocycles. The second kappa shape index (κ2) is 5.48. The van der Waals surface area contributed by atoms with E-state index in [1.807, 2.05) is 0 Å². The van der Waals surface area contributed by atoms with Gasteiger partial charge in [-0.25, -0.2) is 4.79 Å². The zero-order chi connectivity index (χ0) is 10.4. The number of nitrogens with one attached hydrogen (secondary N) is 1. The molecule has 4 heteroatoms. The summed E-state index contributed by atoms with van der Waals surface area (Å²) in [4.78, 5) is 10.3. The minimum atomic E-state index is -0.941. The van der Waals surface area contributed by atoms with Gasteiger partial charge in [-0.3, -0.25) is 0 Å². The van der Waals surface area contributed by atoms with Crippen molar-refractivity contribution in [2.45, 2.75) is 32.1 Å². The SMILES string of the molecule is N#CCC1CCC(CNC(=O)O)CC1. The van der Waals surface area contributed by atoms with Crippen molar-refractivity contribution in [3.8, 4) is 6.07 Å². The normalized spacial score (nSPS) is 26.5. The molecule has 0 aromatic rings. The zero-order valence-corrected chi connectivity index (χ0v) is 8.20. The minimum absolute atomic E-state index is 0.473. The molecule has 1 aliphatic carbocycles. The van der Waals surface area contributed by atoms with Gasteiger partial charge in [-0.1, -0.05) is 0 Å². The lowest BCUT2D eigenvalue weighted by atomic mass is 9.81. The predicted octanol–water partition coefficient (Wildman–Crippen LogP) is 1.97. The third-order valence-electron chi connectivity index (χ3n) is 2.89. The van der Waals surface area contributed by atoms with Gasteiger partial charge in [0.1, 0.15) is 0 Å². The molecule has 0 radical (unpaired) electrons. The predicted molar refractivity (Wildman–Crippen MR) is 51.7 cm³/mol. The van der Waals surface area contributed by atoms with Gasteiger partial charge >= 0.3 is 6.09 Å². The summed E-state index contributed by atoms with van der Waals surface area (Å²) in [6, 6.07) is 2.19. The van der Waals surface area contributed by atoms with Crippen LogP contribution in [0.2, 0.25) is 0 Å². The average Bonchev–Trinajstić information content (AvgIpc) is 2.17. The summed E-state index contributed by atoms with van der Waals surface area (Å²) in [6.45, 7) is 0.564. The fourth-order valence-electron chi connectivity index (χ4n) is 2.00.